The van der Waals surface area contributed by atoms with Crippen molar-refractivity contribution in [2.45, 2.75) is 32.5 Å². The van der Waals surface area contributed by atoms with Gasteiger partial charge in [0.2, 0.25) is 5.28 Å². The highest BCUT2D eigenvalue weighted by Crippen LogP contribution is 2.24. The molecule has 2 heterocycles. The largest absolute Gasteiger partial charge is 0.497 e. The molecule has 1 aliphatic rings. The third-order valence-corrected chi connectivity index (χ3v) is 6.02. The van der Waals surface area contributed by atoms with Crippen LogP contribution in [0.1, 0.15) is 35.1 Å². The van der Waals surface area contributed by atoms with Crippen LogP contribution in [0.3, 0.4) is 0 Å². The Balaban J connectivity index is 1.43. The molecular formula is C25H28ClFN6O. The molecule has 0 aliphatic carbocycles. The normalized spacial score (nSPS) is 13.6. The number of hydrogen-bond acceptors (Lipinski definition) is 7. The van der Waals surface area contributed by atoms with Crippen LogP contribution in [0.15, 0.2) is 42.5 Å². The van der Waals surface area contributed by atoms with E-state index in [2.05, 4.69) is 25.5 Å². The van der Waals surface area contributed by atoms with Gasteiger partial charge in [-0.3, -0.25) is 4.90 Å². The lowest BCUT2D eigenvalue weighted by Crippen LogP contribution is -2.19. The molecule has 0 amide bonds. The maximum Gasteiger partial charge on any atom is 0.226 e. The second-order valence-electron chi connectivity index (χ2n) is 8.21. The molecule has 2 aromatic carbocycles. The number of benzene rings is 2. The van der Waals surface area contributed by atoms with Crippen molar-refractivity contribution in [2.24, 2.45) is 0 Å². The van der Waals surface area contributed by atoms with Crippen LogP contribution < -0.4 is 15.4 Å². The first-order valence-corrected chi connectivity index (χ1v) is 11.6. The van der Waals surface area contributed by atoms with Crippen molar-refractivity contribution in [3.05, 3.63) is 75.8 Å². The molecule has 1 fully saturated rings. The van der Waals surface area contributed by atoms with E-state index in [-0.39, 0.29) is 11.1 Å². The Kier molecular flexibility index (Phi) is 7.92. The van der Waals surface area contributed by atoms with Crippen LogP contribution in [0.2, 0.25) is 5.28 Å². The zero-order valence-corrected chi connectivity index (χ0v) is 19.8. The highest BCUT2D eigenvalue weighted by atomic mass is 35.5. The lowest BCUT2D eigenvalue weighted by Gasteiger charge is -2.16. The van der Waals surface area contributed by atoms with E-state index in [1.54, 1.807) is 13.2 Å². The fourth-order valence-corrected chi connectivity index (χ4v) is 4.14. The molecule has 0 saturated carbocycles. The van der Waals surface area contributed by atoms with Crippen LogP contribution in [0.5, 0.6) is 5.75 Å². The average Bonchev–Trinajstić information content (AvgIpc) is 3.36. The quantitative estimate of drug-likeness (QED) is 0.275. The summed E-state index contributed by atoms with van der Waals surface area (Å²) in [5.41, 5.74) is 2.98. The minimum Gasteiger partial charge on any atom is -0.497 e. The van der Waals surface area contributed by atoms with Gasteiger partial charge in [-0.1, -0.05) is 24.3 Å². The van der Waals surface area contributed by atoms with Crippen molar-refractivity contribution in [1.82, 2.24) is 14.9 Å². The topological polar surface area (TPSA) is 86.2 Å². The first-order valence-electron chi connectivity index (χ1n) is 11.2. The maximum absolute atomic E-state index is 14.7. The summed E-state index contributed by atoms with van der Waals surface area (Å²) >= 11 is 6.15. The standard InChI is InChI=1S/C25H28ClFN6O/c1-34-20-8-5-17(6-9-20)14-29-23-21(13-28)24(32-25(26)31-23)30-15-18-4-7-19(22(27)12-18)16-33-10-2-3-11-33/h4-9,12-13,28H,2-3,10-11,14-16H2,1H3,(H2,29,30,31,32). The van der Waals surface area contributed by atoms with Crippen molar-refractivity contribution < 1.29 is 9.13 Å². The van der Waals surface area contributed by atoms with Crippen LogP contribution in [0.25, 0.3) is 0 Å². The second kappa shape index (κ2) is 11.3. The number of aromatic nitrogens is 2. The first kappa shape index (κ1) is 23.9. The molecule has 0 atom stereocenters. The number of hydrogen-bond donors (Lipinski definition) is 3. The van der Waals surface area contributed by atoms with Gasteiger partial charge in [0.15, 0.2) is 0 Å². The number of likely N-dealkylation sites (tertiary alicyclic amines) is 1. The molecule has 1 aromatic heterocycles. The summed E-state index contributed by atoms with van der Waals surface area (Å²) < 4.78 is 19.8. The minimum atomic E-state index is -0.207. The van der Waals surface area contributed by atoms with E-state index in [1.165, 1.54) is 19.1 Å². The Labute approximate surface area is 203 Å². The fourth-order valence-electron chi connectivity index (χ4n) is 3.97. The third kappa shape index (κ3) is 6.01. The van der Waals surface area contributed by atoms with Gasteiger partial charge in [-0.05, 0) is 66.9 Å². The van der Waals surface area contributed by atoms with Crippen molar-refractivity contribution in [3.63, 3.8) is 0 Å². The summed E-state index contributed by atoms with van der Waals surface area (Å²) in [5, 5.41) is 14.3. The molecule has 178 valence electrons. The lowest BCUT2D eigenvalue weighted by molar-refractivity contribution is 0.325. The highest BCUT2D eigenvalue weighted by Gasteiger charge is 2.15. The monoisotopic (exact) mass is 482 g/mol. The van der Waals surface area contributed by atoms with Gasteiger partial charge in [0.1, 0.15) is 23.2 Å². The Bertz CT molecular complexity index is 1130. The Morgan fingerprint density at radius 1 is 1.03 bits per heavy atom. The SMILES string of the molecule is COc1ccc(CNc2nc(Cl)nc(NCc3ccc(CN4CCCC4)c(F)c3)c2C=N)cc1. The van der Waals surface area contributed by atoms with E-state index in [9.17, 15) is 4.39 Å². The molecule has 0 bridgehead atoms. The predicted octanol–water partition coefficient (Wildman–Crippen LogP) is 5.10. The van der Waals surface area contributed by atoms with Gasteiger partial charge in [-0.25, -0.2) is 4.39 Å². The Hall–Kier alpha value is -3.23. The summed E-state index contributed by atoms with van der Waals surface area (Å²) in [4.78, 5) is 10.8. The number of nitrogens with one attached hydrogen (secondary N) is 3. The van der Waals surface area contributed by atoms with Crippen LogP contribution in [-0.2, 0) is 19.6 Å². The Morgan fingerprint density at radius 2 is 1.65 bits per heavy atom. The van der Waals surface area contributed by atoms with Gasteiger partial charge in [0.25, 0.3) is 0 Å². The molecule has 1 saturated heterocycles. The molecule has 0 unspecified atom stereocenters. The fraction of sp³-hybridized carbons (Fsp3) is 0.320. The highest BCUT2D eigenvalue weighted by molar-refractivity contribution is 6.28. The van der Waals surface area contributed by atoms with Gasteiger partial charge in [0, 0.05) is 31.4 Å². The predicted molar refractivity (Wildman–Crippen MR) is 133 cm³/mol. The van der Waals surface area contributed by atoms with Crippen molar-refractivity contribution in [3.8, 4) is 5.75 Å². The third-order valence-electron chi connectivity index (χ3n) is 5.85. The van der Waals surface area contributed by atoms with E-state index >= 15 is 0 Å². The number of halogens is 2. The summed E-state index contributed by atoms with van der Waals surface area (Å²) in [6, 6.07) is 13.0. The van der Waals surface area contributed by atoms with E-state index in [4.69, 9.17) is 21.7 Å². The van der Waals surface area contributed by atoms with Crippen LogP contribution in [0.4, 0.5) is 16.0 Å². The lowest BCUT2D eigenvalue weighted by atomic mass is 10.1. The molecule has 3 aromatic rings. The van der Waals surface area contributed by atoms with Crippen LogP contribution in [0, 0.1) is 11.2 Å². The van der Waals surface area contributed by atoms with Crippen LogP contribution >= 0.6 is 11.6 Å². The molecule has 1 aliphatic heterocycles. The van der Waals surface area contributed by atoms with E-state index in [0.29, 0.717) is 42.4 Å². The zero-order valence-electron chi connectivity index (χ0n) is 19.1. The summed E-state index contributed by atoms with van der Waals surface area (Å²) in [6.45, 7) is 3.52. The van der Waals surface area contributed by atoms with E-state index in [0.717, 1.165) is 30.0 Å². The van der Waals surface area contributed by atoms with Crippen molar-refractivity contribution in [2.75, 3.05) is 30.8 Å². The van der Waals surface area contributed by atoms with E-state index < -0.39 is 0 Å². The molecule has 3 N–H and O–H groups in total. The van der Waals surface area contributed by atoms with Gasteiger partial charge >= 0.3 is 0 Å². The first-order chi connectivity index (χ1) is 16.6. The van der Waals surface area contributed by atoms with Gasteiger partial charge in [-0.15, -0.1) is 0 Å². The van der Waals surface area contributed by atoms with E-state index in [1.807, 2.05) is 36.4 Å². The average molecular weight is 483 g/mol. The molecule has 0 spiro atoms. The van der Waals surface area contributed by atoms with Gasteiger partial charge < -0.3 is 20.8 Å². The number of anilines is 2. The molecule has 34 heavy (non-hydrogen) atoms. The van der Waals surface area contributed by atoms with Gasteiger partial charge in [0.05, 0.1) is 12.7 Å². The maximum atomic E-state index is 14.7. The van der Waals surface area contributed by atoms with Crippen molar-refractivity contribution in [1.29, 1.82) is 5.41 Å². The summed E-state index contributed by atoms with van der Waals surface area (Å²) in [5.74, 6) is 1.43. The minimum absolute atomic E-state index is 0.0532. The molecule has 0 radical (unpaired) electrons. The number of methoxy groups -OCH3 is 1. The van der Waals surface area contributed by atoms with Crippen molar-refractivity contribution >= 4 is 29.5 Å². The molecule has 4 rings (SSSR count). The second-order valence-corrected chi connectivity index (χ2v) is 8.55. The molecule has 7 nitrogen and oxygen atoms in total. The number of rotatable bonds is 10. The number of nitrogens with zero attached hydrogens (tertiary/aromatic N) is 3. The number of ether oxygens (including phenoxy) is 1. The zero-order chi connectivity index (χ0) is 23.9. The Morgan fingerprint density at radius 3 is 2.24 bits per heavy atom. The molecule has 9 heteroatoms. The smallest absolute Gasteiger partial charge is 0.226 e. The summed E-state index contributed by atoms with van der Waals surface area (Å²) in [7, 11) is 1.62. The van der Waals surface area contributed by atoms with Crippen LogP contribution in [-0.4, -0.2) is 41.3 Å². The summed E-state index contributed by atoms with van der Waals surface area (Å²) in [6.07, 6.45) is 3.53. The van der Waals surface area contributed by atoms with Gasteiger partial charge in [-0.2, -0.15) is 9.97 Å². The molecular weight excluding hydrogens is 455 g/mol.